The normalized spacial score (nSPS) is 10.7. The Bertz CT molecular complexity index is 573. The topological polar surface area (TPSA) is 21.3 Å². The third-order valence-electron chi connectivity index (χ3n) is 3.51. The molecule has 0 radical (unpaired) electrons. The van der Waals surface area contributed by atoms with Gasteiger partial charge in [-0.25, -0.2) is 0 Å². The van der Waals surface area contributed by atoms with Crippen molar-refractivity contribution in [3.8, 4) is 5.75 Å². The Labute approximate surface area is 128 Å². The fourth-order valence-corrected chi connectivity index (χ4v) is 2.02. The Balaban J connectivity index is 1.89. The van der Waals surface area contributed by atoms with E-state index in [1.54, 1.807) is 0 Å². The minimum Gasteiger partial charge on any atom is -0.493 e. The average Bonchev–Trinajstić information content (AvgIpc) is 2.47. The molecular weight excluding hydrogens is 258 g/mol. The molecule has 0 aliphatic rings. The van der Waals surface area contributed by atoms with Crippen LogP contribution in [0, 0.1) is 19.8 Å². The molecule has 0 heterocycles. The zero-order valence-corrected chi connectivity index (χ0v) is 13.4. The van der Waals surface area contributed by atoms with Crippen molar-refractivity contribution in [3.05, 3.63) is 59.2 Å². The zero-order chi connectivity index (χ0) is 15.2. The SMILES string of the molecule is Cc1ccc(NCc2ccc(OCC(C)C)cc2)cc1C. The molecule has 2 nitrogen and oxygen atoms in total. The molecule has 0 saturated heterocycles. The van der Waals surface area contributed by atoms with E-state index in [0.29, 0.717) is 5.92 Å². The van der Waals surface area contributed by atoms with Crippen molar-refractivity contribution in [2.24, 2.45) is 5.92 Å². The fraction of sp³-hybridized carbons (Fsp3) is 0.368. The number of hydrogen-bond acceptors (Lipinski definition) is 2. The molecule has 0 unspecified atom stereocenters. The molecule has 0 aliphatic heterocycles. The highest BCUT2D eigenvalue weighted by molar-refractivity contribution is 5.48. The van der Waals surface area contributed by atoms with Gasteiger partial charge in [0.15, 0.2) is 0 Å². The number of aryl methyl sites for hydroxylation is 2. The van der Waals surface area contributed by atoms with Crippen molar-refractivity contribution in [3.63, 3.8) is 0 Å². The predicted octanol–water partition coefficient (Wildman–Crippen LogP) is 4.95. The van der Waals surface area contributed by atoms with E-state index in [1.807, 2.05) is 12.1 Å². The molecule has 2 heteroatoms. The van der Waals surface area contributed by atoms with E-state index in [-0.39, 0.29) is 0 Å². The number of ether oxygens (including phenoxy) is 1. The Morgan fingerprint density at radius 2 is 1.67 bits per heavy atom. The molecule has 2 rings (SSSR count). The van der Waals surface area contributed by atoms with Crippen LogP contribution in [0.5, 0.6) is 5.75 Å². The number of rotatable bonds is 6. The summed E-state index contributed by atoms with van der Waals surface area (Å²) in [6.07, 6.45) is 0. The van der Waals surface area contributed by atoms with Crippen LogP contribution < -0.4 is 10.1 Å². The Hall–Kier alpha value is -1.96. The molecular formula is C19H25NO. The first-order valence-electron chi connectivity index (χ1n) is 7.57. The van der Waals surface area contributed by atoms with E-state index < -0.39 is 0 Å². The molecule has 0 amide bonds. The largest absolute Gasteiger partial charge is 0.493 e. The summed E-state index contributed by atoms with van der Waals surface area (Å²) in [5.41, 5.74) is 5.06. The van der Waals surface area contributed by atoms with Gasteiger partial charge in [-0.2, -0.15) is 0 Å². The third kappa shape index (κ3) is 4.82. The molecule has 2 aromatic rings. The van der Waals surface area contributed by atoms with E-state index >= 15 is 0 Å². The summed E-state index contributed by atoms with van der Waals surface area (Å²) in [7, 11) is 0. The third-order valence-corrected chi connectivity index (χ3v) is 3.51. The van der Waals surface area contributed by atoms with Crippen molar-refractivity contribution in [2.75, 3.05) is 11.9 Å². The second kappa shape index (κ2) is 7.16. The quantitative estimate of drug-likeness (QED) is 0.810. The summed E-state index contributed by atoms with van der Waals surface area (Å²) in [5.74, 6) is 1.50. The number of hydrogen-bond donors (Lipinski definition) is 1. The highest BCUT2D eigenvalue weighted by Gasteiger charge is 1.99. The first kappa shape index (κ1) is 15.4. The highest BCUT2D eigenvalue weighted by Crippen LogP contribution is 2.17. The van der Waals surface area contributed by atoms with Gasteiger partial charge in [-0.05, 0) is 60.7 Å². The van der Waals surface area contributed by atoms with Crippen LogP contribution in [0.1, 0.15) is 30.5 Å². The number of benzene rings is 2. The van der Waals surface area contributed by atoms with Gasteiger partial charge in [0, 0.05) is 12.2 Å². The summed E-state index contributed by atoms with van der Waals surface area (Å²) in [6.45, 7) is 10.2. The summed E-state index contributed by atoms with van der Waals surface area (Å²) in [4.78, 5) is 0. The van der Waals surface area contributed by atoms with Crippen LogP contribution in [0.3, 0.4) is 0 Å². The van der Waals surface area contributed by atoms with Gasteiger partial charge < -0.3 is 10.1 Å². The molecule has 0 aliphatic carbocycles. The lowest BCUT2D eigenvalue weighted by molar-refractivity contribution is 0.271. The maximum atomic E-state index is 5.69. The van der Waals surface area contributed by atoms with Gasteiger partial charge in [0.05, 0.1) is 6.61 Å². The lowest BCUT2D eigenvalue weighted by Crippen LogP contribution is -2.04. The standard InChI is InChI=1S/C19H25NO/c1-14(2)13-21-19-9-6-17(7-10-19)12-20-18-8-5-15(3)16(4)11-18/h5-11,14,20H,12-13H2,1-4H3. The van der Waals surface area contributed by atoms with Crippen LogP contribution in [0.2, 0.25) is 0 Å². The molecule has 112 valence electrons. The number of nitrogens with one attached hydrogen (secondary N) is 1. The van der Waals surface area contributed by atoms with Gasteiger partial charge >= 0.3 is 0 Å². The van der Waals surface area contributed by atoms with Crippen molar-refractivity contribution >= 4 is 5.69 Å². The summed E-state index contributed by atoms with van der Waals surface area (Å²) < 4.78 is 5.69. The Morgan fingerprint density at radius 3 is 2.29 bits per heavy atom. The van der Waals surface area contributed by atoms with Crippen LogP contribution in [0.15, 0.2) is 42.5 Å². The van der Waals surface area contributed by atoms with Gasteiger partial charge in [-0.3, -0.25) is 0 Å². The lowest BCUT2D eigenvalue weighted by atomic mass is 10.1. The zero-order valence-electron chi connectivity index (χ0n) is 13.4. The first-order chi connectivity index (χ1) is 10.0. The second-order valence-corrected chi connectivity index (χ2v) is 6.00. The van der Waals surface area contributed by atoms with Crippen LogP contribution in [-0.4, -0.2) is 6.61 Å². The van der Waals surface area contributed by atoms with Crippen LogP contribution in [-0.2, 0) is 6.54 Å². The van der Waals surface area contributed by atoms with E-state index in [9.17, 15) is 0 Å². The molecule has 0 atom stereocenters. The maximum Gasteiger partial charge on any atom is 0.119 e. The monoisotopic (exact) mass is 283 g/mol. The van der Waals surface area contributed by atoms with E-state index in [2.05, 4.69) is 63.3 Å². The molecule has 1 N–H and O–H groups in total. The van der Waals surface area contributed by atoms with Gasteiger partial charge in [0.1, 0.15) is 5.75 Å². The van der Waals surface area contributed by atoms with Gasteiger partial charge in [-0.1, -0.05) is 32.0 Å². The van der Waals surface area contributed by atoms with E-state index in [4.69, 9.17) is 4.74 Å². The summed E-state index contributed by atoms with van der Waals surface area (Å²) >= 11 is 0. The summed E-state index contributed by atoms with van der Waals surface area (Å²) in [6, 6.07) is 14.8. The number of anilines is 1. The molecule has 0 spiro atoms. The van der Waals surface area contributed by atoms with Gasteiger partial charge in [-0.15, -0.1) is 0 Å². The van der Waals surface area contributed by atoms with Crippen molar-refractivity contribution < 1.29 is 4.74 Å². The van der Waals surface area contributed by atoms with Crippen LogP contribution in [0.25, 0.3) is 0 Å². The molecule has 2 aromatic carbocycles. The van der Waals surface area contributed by atoms with Crippen LogP contribution >= 0.6 is 0 Å². The molecule has 0 saturated carbocycles. The van der Waals surface area contributed by atoms with Crippen molar-refractivity contribution in [2.45, 2.75) is 34.2 Å². The minimum atomic E-state index is 0.552. The molecule has 0 fully saturated rings. The van der Waals surface area contributed by atoms with Crippen molar-refractivity contribution in [1.82, 2.24) is 0 Å². The van der Waals surface area contributed by atoms with Gasteiger partial charge in [0.2, 0.25) is 0 Å². The molecule has 21 heavy (non-hydrogen) atoms. The molecule has 0 bridgehead atoms. The van der Waals surface area contributed by atoms with E-state index in [1.165, 1.54) is 22.4 Å². The predicted molar refractivity (Wildman–Crippen MR) is 90.0 cm³/mol. The Kier molecular flexibility index (Phi) is 5.26. The minimum absolute atomic E-state index is 0.552. The van der Waals surface area contributed by atoms with Crippen LogP contribution in [0.4, 0.5) is 5.69 Å². The lowest BCUT2D eigenvalue weighted by Gasteiger charge is -2.11. The Morgan fingerprint density at radius 1 is 0.952 bits per heavy atom. The smallest absolute Gasteiger partial charge is 0.119 e. The van der Waals surface area contributed by atoms with Crippen molar-refractivity contribution in [1.29, 1.82) is 0 Å². The highest BCUT2D eigenvalue weighted by atomic mass is 16.5. The average molecular weight is 283 g/mol. The maximum absolute atomic E-state index is 5.69. The second-order valence-electron chi connectivity index (χ2n) is 6.00. The van der Waals surface area contributed by atoms with Gasteiger partial charge in [0.25, 0.3) is 0 Å². The first-order valence-corrected chi connectivity index (χ1v) is 7.57. The molecule has 0 aromatic heterocycles. The van der Waals surface area contributed by atoms with E-state index in [0.717, 1.165) is 18.9 Å². The fourth-order valence-electron chi connectivity index (χ4n) is 2.02. The summed E-state index contributed by atoms with van der Waals surface area (Å²) in [5, 5.41) is 3.46.